The van der Waals surface area contributed by atoms with Crippen LogP contribution >= 0.6 is 15.9 Å². The summed E-state index contributed by atoms with van der Waals surface area (Å²) in [6.07, 6.45) is 6.45. The summed E-state index contributed by atoms with van der Waals surface area (Å²) < 4.78 is 3.40. The van der Waals surface area contributed by atoms with E-state index in [1.807, 2.05) is 12.3 Å². The Labute approximate surface area is 105 Å². The number of rotatable bonds is 4. The van der Waals surface area contributed by atoms with E-state index in [-0.39, 0.29) is 0 Å². The van der Waals surface area contributed by atoms with Crippen molar-refractivity contribution in [1.29, 1.82) is 0 Å². The lowest BCUT2D eigenvalue weighted by Crippen LogP contribution is -2.08. The maximum Gasteiger partial charge on any atom is 0.141 e. The number of nitrogens with zero attached hydrogens (tertiary/aromatic N) is 2. The fourth-order valence-electron chi connectivity index (χ4n) is 2.04. The minimum atomic E-state index is 0.740. The van der Waals surface area contributed by atoms with E-state index in [1.54, 1.807) is 0 Å². The SMILES string of the molecule is CCC(CC)Cn1cc(Br)c2cccnc21. The lowest BCUT2D eigenvalue weighted by Gasteiger charge is -2.13. The number of hydrogen-bond donors (Lipinski definition) is 0. The van der Waals surface area contributed by atoms with E-state index in [4.69, 9.17) is 0 Å². The summed E-state index contributed by atoms with van der Waals surface area (Å²) in [5, 5.41) is 1.20. The summed E-state index contributed by atoms with van der Waals surface area (Å²) in [4.78, 5) is 4.46. The van der Waals surface area contributed by atoms with Crippen molar-refractivity contribution in [3.05, 3.63) is 29.0 Å². The van der Waals surface area contributed by atoms with Crippen molar-refractivity contribution in [2.75, 3.05) is 0 Å². The van der Waals surface area contributed by atoms with Gasteiger partial charge in [0.15, 0.2) is 0 Å². The van der Waals surface area contributed by atoms with Crippen molar-refractivity contribution < 1.29 is 0 Å². The number of halogens is 1. The Balaban J connectivity index is 2.37. The standard InChI is InChI=1S/C13H17BrN2/c1-3-10(4-2)8-16-9-12(14)11-6-5-7-15-13(11)16/h5-7,9-10H,3-4,8H2,1-2H3. The average Bonchev–Trinajstić information content (AvgIpc) is 2.64. The van der Waals surface area contributed by atoms with Crippen LogP contribution in [0.5, 0.6) is 0 Å². The molecule has 0 unspecified atom stereocenters. The molecule has 0 aliphatic carbocycles. The molecule has 0 aliphatic rings. The van der Waals surface area contributed by atoms with Gasteiger partial charge in [-0.1, -0.05) is 26.7 Å². The first-order valence-corrected chi connectivity index (χ1v) is 6.64. The second-order valence-corrected chi connectivity index (χ2v) is 5.04. The first-order chi connectivity index (χ1) is 7.76. The molecule has 0 fully saturated rings. The molecular formula is C13H17BrN2. The van der Waals surface area contributed by atoms with Gasteiger partial charge < -0.3 is 4.57 Å². The molecule has 0 aliphatic heterocycles. The first-order valence-electron chi connectivity index (χ1n) is 5.85. The molecule has 0 atom stereocenters. The van der Waals surface area contributed by atoms with Crippen LogP contribution in [-0.2, 0) is 6.54 Å². The predicted octanol–water partition coefficient (Wildman–Crippen LogP) is 4.24. The van der Waals surface area contributed by atoms with Crippen LogP contribution in [0, 0.1) is 5.92 Å². The van der Waals surface area contributed by atoms with E-state index in [0.29, 0.717) is 0 Å². The molecule has 0 saturated heterocycles. The van der Waals surface area contributed by atoms with Crippen LogP contribution in [0.1, 0.15) is 26.7 Å². The summed E-state index contributed by atoms with van der Waals surface area (Å²) >= 11 is 3.59. The van der Waals surface area contributed by atoms with Crippen LogP contribution < -0.4 is 0 Å². The van der Waals surface area contributed by atoms with Crippen LogP contribution in [0.15, 0.2) is 29.0 Å². The minimum absolute atomic E-state index is 0.740. The van der Waals surface area contributed by atoms with Crippen molar-refractivity contribution in [2.24, 2.45) is 5.92 Å². The van der Waals surface area contributed by atoms with E-state index in [2.05, 4.69) is 51.6 Å². The van der Waals surface area contributed by atoms with E-state index in [9.17, 15) is 0 Å². The zero-order valence-corrected chi connectivity index (χ0v) is 11.4. The van der Waals surface area contributed by atoms with Crippen LogP contribution in [0.25, 0.3) is 11.0 Å². The van der Waals surface area contributed by atoms with E-state index >= 15 is 0 Å². The van der Waals surface area contributed by atoms with Crippen LogP contribution in [0.2, 0.25) is 0 Å². The Kier molecular flexibility index (Phi) is 3.64. The Morgan fingerprint density at radius 1 is 1.38 bits per heavy atom. The summed E-state index contributed by atoms with van der Waals surface area (Å²) in [6.45, 7) is 5.57. The molecule has 0 bridgehead atoms. The highest BCUT2D eigenvalue weighted by atomic mass is 79.9. The topological polar surface area (TPSA) is 17.8 Å². The molecule has 2 rings (SSSR count). The number of hydrogen-bond acceptors (Lipinski definition) is 1. The smallest absolute Gasteiger partial charge is 0.141 e. The molecule has 2 aromatic rings. The van der Waals surface area contributed by atoms with Gasteiger partial charge in [0.25, 0.3) is 0 Å². The number of pyridine rings is 1. The van der Waals surface area contributed by atoms with Gasteiger partial charge in [-0.15, -0.1) is 0 Å². The van der Waals surface area contributed by atoms with Crippen molar-refractivity contribution in [2.45, 2.75) is 33.2 Å². The third kappa shape index (κ3) is 2.14. The molecule has 0 N–H and O–H groups in total. The molecule has 3 heteroatoms. The lowest BCUT2D eigenvalue weighted by atomic mass is 10.0. The van der Waals surface area contributed by atoms with Crippen LogP contribution in [0.3, 0.4) is 0 Å². The summed E-state index contributed by atoms with van der Waals surface area (Å²) in [7, 11) is 0. The molecule has 2 heterocycles. The fraction of sp³-hybridized carbons (Fsp3) is 0.462. The fourth-order valence-corrected chi connectivity index (χ4v) is 2.60. The molecule has 16 heavy (non-hydrogen) atoms. The van der Waals surface area contributed by atoms with Gasteiger partial charge in [0, 0.05) is 28.8 Å². The first kappa shape index (κ1) is 11.6. The molecule has 0 radical (unpaired) electrons. The zero-order chi connectivity index (χ0) is 11.5. The molecule has 0 aromatic carbocycles. The molecule has 86 valence electrons. The summed E-state index contributed by atoms with van der Waals surface area (Å²) in [5.41, 5.74) is 1.08. The van der Waals surface area contributed by atoms with Gasteiger partial charge in [0.05, 0.1) is 0 Å². The Hall–Kier alpha value is -0.830. The monoisotopic (exact) mass is 280 g/mol. The van der Waals surface area contributed by atoms with Gasteiger partial charge in [-0.25, -0.2) is 4.98 Å². The molecule has 2 nitrogen and oxygen atoms in total. The van der Waals surface area contributed by atoms with Crippen molar-refractivity contribution in [3.8, 4) is 0 Å². The zero-order valence-electron chi connectivity index (χ0n) is 9.78. The quantitative estimate of drug-likeness (QED) is 0.819. The molecule has 0 amide bonds. The third-order valence-electron chi connectivity index (χ3n) is 3.19. The molecule has 2 aromatic heterocycles. The van der Waals surface area contributed by atoms with Crippen molar-refractivity contribution >= 4 is 27.0 Å². The third-order valence-corrected chi connectivity index (χ3v) is 3.83. The maximum absolute atomic E-state index is 4.46. The highest BCUT2D eigenvalue weighted by Gasteiger charge is 2.10. The average molecular weight is 281 g/mol. The van der Waals surface area contributed by atoms with Gasteiger partial charge >= 0.3 is 0 Å². The predicted molar refractivity (Wildman–Crippen MR) is 71.5 cm³/mol. The highest BCUT2D eigenvalue weighted by molar-refractivity contribution is 9.10. The van der Waals surface area contributed by atoms with Gasteiger partial charge in [-0.05, 0) is 34.0 Å². The Morgan fingerprint density at radius 2 is 2.12 bits per heavy atom. The van der Waals surface area contributed by atoms with E-state index in [0.717, 1.165) is 22.6 Å². The second-order valence-electron chi connectivity index (χ2n) is 4.19. The van der Waals surface area contributed by atoms with Gasteiger partial charge in [-0.2, -0.15) is 0 Å². The maximum atomic E-state index is 4.46. The number of fused-ring (bicyclic) bond motifs is 1. The molecule has 0 spiro atoms. The van der Waals surface area contributed by atoms with Crippen LogP contribution in [0.4, 0.5) is 0 Å². The van der Waals surface area contributed by atoms with Crippen LogP contribution in [-0.4, -0.2) is 9.55 Å². The van der Waals surface area contributed by atoms with Crippen molar-refractivity contribution in [1.82, 2.24) is 9.55 Å². The summed E-state index contributed by atoms with van der Waals surface area (Å²) in [5.74, 6) is 0.740. The van der Waals surface area contributed by atoms with E-state index in [1.165, 1.54) is 18.2 Å². The van der Waals surface area contributed by atoms with E-state index < -0.39 is 0 Å². The largest absolute Gasteiger partial charge is 0.331 e. The van der Waals surface area contributed by atoms with Gasteiger partial charge in [0.1, 0.15) is 5.65 Å². The normalized spacial score (nSPS) is 11.5. The summed E-state index contributed by atoms with van der Waals surface area (Å²) in [6, 6.07) is 4.09. The minimum Gasteiger partial charge on any atom is -0.331 e. The van der Waals surface area contributed by atoms with Gasteiger partial charge in [0.2, 0.25) is 0 Å². The Bertz CT molecular complexity index is 472. The lowest BCUT2D eigenvalue weighted by molar-refractivity contribution is 0.424. The molecule has 0 saturated carbocycles. The Morgan fingerprint density at radius 3 is 2.81 bits per heavy atom. The highest BCUT2D eigenvalue weighted by Crippen LogP contribution is 2.25. The number of aromatic nitrogens is 2. The second kappa shape index (κ2) is 5.00. The molecular weight excluding hydrogens is 264 g/mol. The van der Waals surface area contributed by atoms with Crippen molar-refractivity contribution in [3.63, 3.8) is 0 Å². The van der Waals surface area contributed by atoms with Gasteiger partial charge in [-0.3, -0.25) is 0 Å².